The molecule has 4 nitrogen and oxygen atoms in total. The maximum Gasteiger partial charge on any atom is 0.228 e. The van der Waals surface area contributed by atoms with Gasteiger partial charge in [-0.25, -0.2) is 0 Å². The molecule has 108 valence electrons. The molecule has 0 fully saturated rings. The van der Waals surface area contributed by atoms with Gasteiger partial charge >= 0.3 is 0 Å². The maximum atomic E-state index is 6.03. The van der Waals surface area contributed by atoms with E-state index in [1.54, 1.807) is 18.2 Å². The highest BCUT2D eigenvalue weighted by Gasteiger charge is 2.14. The van der Waals surface area contributed by atoms with Gasteiger partial charge in [-0.2, -0.15) is 4.98 Å². The summed E-state index contributed by atoms with van der Waals surface area (Å²) in [6, 6.07) is 5.25. The molecule has 1 unspecified atom stereocenters. The molecule has 1 heterocycles. The molecule has 20 heavy (non-hydrogen) atoms. The fourth-order valence-electron chi connectivity index (χ4n) is 2.00. The second-order valence-corrected chi connectivity index (χ2v) is 6.05. The van der Waals surface area contributed by atoms with E-state index in [-0.39, 0.29) is 6.04 Å². The van der Waals surface area contributed by atoms with Crippen molar-refractivity contribution in [3.05, 3.63) is 34.1 Å². The van der Waals surface area contributed by atoms with Gasteiger partial charge in [0.2, 0.25) is 11.7 Å². The van der Waals surface area contributed by atoms with Gasteiger partial charge in [0.25, 0.3) is 0 Å². The van der Waals surface area contributed by atoms with E-state index in [2.05, 4.69) is 24.0 Å². The van der Waals surface area contributed by atoms with Gasteiger partial charge in [0.1, 0.15) is 0 Å². The van der Waals surface area contributed by atoms with Gasteiger partial charge in [0.15, 0.2) is 0 Å². The Morgan fingerprint density at radius 3 is 2.65 bits per heavy atom. The first-order valence-corrected chi connectivity index (χ1v) is 7.25. The normalized spacial score (nSPS) is 12.9. The van der Waals surface area contributed by atoms with E-state index in [0.29, 0.717) is 34.1 Å². The predicted molar refractivity (Wildman–Crippen MR) is 80.9 cm³/mol. The van der Waals surface area contributed by atoms with Crippen LogP contribution < -0.4 is 5.73 Å². The highest BCUT2D eigenvalue weighted by atomic mass is 35.5. The summed E-state index contributed by atoms with van der Waals surface area (Å²) in [7, 11) is 0. The standard InChI is InChI=1S/C14H17Cl2N3O/c1-8(2)5-10(17)7-13-18-14(19-20-13)9-3-4-11(15)12(16)6-9/h3-4,6,8,10H,5,7,17H2,1-2H3. The molecular weight excluding hydrogens is 297 g/mol. The highest BCUT2D eigenvalue weighted by Crippen LogP contribution is 2.27. The topological polar surface area (TPSA) is 64.9 Å². The summed E-state index contributed by atoms with van der Waals surface area (Å²) < 4.78 is 5.22. The molecule has 1 atom stereocenters. The monoisotopic (exact) mass is 313 g/mol. The third-order valence-corrected chi connectivity index (χ3v) is 3.60. The predicted octanol–water partition coefficient (Wildman–Crippen LogP) is 3.96. The van der Waals surface area contributed by atoms with Crippen molar-refractivity contribution in [2.45, 2.75) is 32.7 Å². The minimum atomic E-state index is 0.0251. The van der Waals surface area contributed by atoms with Crippen LogP contribution in [0, 0.1) is 5.92 Å². The fourth-order valence-corrected chi connectivity index (χ4v) is 2.30. The number of hydrogen-bond donors (Lipinski definition) is 1. The van der Waals surface area contributed by atoms with Gasteiger partial charge in [-0.15, -0.1) is 0 Å². The maximum absolute atomic E-state index is 6.03. The first kappa shape index (κ1) is 15.3. The summed E-state index contributed by atoms with van der Waals surface area (Å²) in [6.45, 7) is 4.27. The lowest BCUT2D eigenvalue weighted by atomic mass is 10.0. The minimum Gasteiger partial charge on any atom is -0.339 e. The molecule has 0 aliphatic heterocycles. The van der Waals surface area contributed by atoms with Crippen LogP contribution in [0.25, 0.3) is 11.4 Å². The summed E-state index contributed by atoms with van der Waals surface area (Å²) in [5.41, 5.74) is 6.80. The van der Waals surface area contributed by atoms with E-state index in [0.717, 1.165) is 12.0 Å². The van der Waals surface area contributed by atoms with Crippen LogP contribution in [-0.4, -0.2) is 16.2 Å². The summed E-state index contributed by atoms with van der Waals surface area (Å²) in [6.07, 6.45) is 1.50. The highest BCUT2D eigenvalue weighted by molar-refractivity contribution is 6.42. The Morgan fingerprint density at radius 2 is 2.00 bits per heavy atom. The van der Waals surface area contributed by atoms with Crippen molar-refractivity contribution in [2.24, 2.45) is 11.7 Å². The first-order chi connectivity index (χ1) is 9.45. The third kappa shape index (κ3) is 3.95. The van der Waals surface area contributed by atoms with Crippen molar-refractivity contribution < 1.29 is 4.52 Å². The van der Waals surface area contributed by atoms with Crippen molar-refractivity contribution in [3.8, 4) is 11.4 Å². The molecule has 0 amide bonds. The average Bonchev–Trinajstić information content (AvgIpc) is 2.80. The van der Waals surface area contributed by atoms with Crippen LogP contribution in [-0.2, 0) is 6.42 Å². The molecule has 0 saturated carbocycles. The Morgan fingerprint density at radius 1 is 1.25 bits per heavy atom. The quantitative estimate of drug-likeness (QED) is 0.907. The number of halogens is 2. The zero-order chi connectivity index (χ0) is 14.7. The van der Waals surface area contributed by atoms with E-state index in [4.69, 9.17) is 33.5 Å². The lowest BCUT2D eigenvalue weighted by molar-refractivity contribution is 0.359. The zero-order valence-corrected chi connectivity index (χ0v) is 12.9. The number of nitrogens with zero attached hydrogens (tertiary/aromatic N) is 2. The van der Waals surface area contributed by atoms with Crippen molar-refractivity contribution in [1.82, 2.24) is 10.1 Å². The Labute approximate surface area is 128 Å². The van der Waals surface area contributed by atoms with Crippen LogP contribution in [0.2, 0.25) is 10.0 Å². The molecule has 1 aromatic carbocycles. The lowest BCUT2D eigenvalue weighted by Crippen LogP contribution is -2.24. The van der Waals surface area contributed by atoms with Crippen LogP contribution in [0.3, 0.4) is 0 Å². The Bertz CT molecular complexity index is 584. The largest absolute Gasteiger partial charge is 0.339 e. The van der Waals surface area contributed by atoms with Crippen molar-refractivity contribution in [1.29, 1.82) is 0 Å². The number of rotatable bonds is 5. The van der Waals surface area contributed by atoms with Gasteiger partial charge in [0, 0.05) is 18.0 Å². The van der Waals surface area contributed by atoms with Crippen LogP contribution in [0.1, 0.15) is 26.2 Å². The first-order valence-electron chi connectivity index (χ1n) is 6.49. The van der Waals surface area contributed by atoms with Gasteiger partial charge in [-0.05, 0) is 30.5 Å². The molecule has 2 rings (SSSR count). The van der Waals surface area contributed by atoms with E-state index in [9.17, 15) is 0 Å². The Kier molecular flexibility index (Phi) is 5.02. The van der Waals surface area contributed by atoms with Crippen LogP contribution in [0.5, 0.6) is 0 Å². The van der Waals surface area contributed by atoms with Gasteiger partial charge in [0.05, 0.1) is 10.0 Å². The molecule has 0 radical (unpaired) electrons. The number of hydrogen-bond acceptors (Lipinski definition) is 4. The number of nitrogens with two attached hydrogens (primary N) is 1. The average molecular weight is 314 g/mol. The molecule has 2 aromatic rings. The third-order valence-electron chi connectivity index (χ3n) is 2.86. The van der Waals surface area contributed by atoms with Crippen LogP contribution in [0.4, 0.5) is 0 Å². The molecule has 0 aliphatic carbocycles. The SMILES string of the molecule is CC(C)CC(N)Cc1nc(-c2ccc(Cl)c(Cl)c2)no1. The van der Waals surface area contributed by atoms with Gasteiger partial charge in [-0.1, -0.05) is 42.2 Å². The van der Waals surface area contributed by atoms with E-state index in [1.807, 2.05) is 0 Å². The fraction of sp³-hybridized carbons (Fsp3) is 0.429. The number of benzene rings is 1. The van der Waals surface area contributed by atoms with E-state index < -0.39 is 0 Å². The zero-order valence-electron chi connectivity index (χ0n) is 11.4. The lowest BCUT2D eigenvalue weighted by Gasteiger charge is -2.10. The molecule has 0 aliphatic rings. The molecule has 0 saturated heterocycles. The van der Waals surface area contributed by atoms with Crippen molar-refractivity contribution in [2.75, 3.05) is 0 Å². The molecular formula is C14H17Cl2N3O. The van der Waals surface area contributed by atoms with E-state index >= 15 is 0 Å². The molecule has 2 N–H and O–H groups in total. The number of aromatic nitrogens is 2. The smallest absolute Gasteiger partial charge is 0.228 e. The second-order valence-electron chi connectivity index (χ2n) is 5.23. The van der Waals surface area contributed by atoms with Crippen LogP contribution in [0.15, 0.2) is 22.7 Å². The summed E-state index contributed by atoms with van der Waals surface area (Å²) >= 11 is 11.9. The Hall–Kier alpha value is -1.10. The minimum absolute atomic E-state index is 0.0251. The molecule has 0 bridgehead atoms. The van der Waals surface area contributed by atoms with Crippen LogP contribution >= 0.6 is 23.2 Å². The van der Waals surface area contributed by atoms with Gasteiger partial charge < -0.3 is 10.3 Å². The second kappa shape index (κ2) is 6.57. The van der Waals surface area contributed by atoms with Gasteiger partial charge in [-0.3, -0.25) is 0 Å². The molecule has 1 aromatic heterocycles. The molecule has 6 heteroatoms. The van der Waals surface area contributed by atoms with E-state index in [1.165, 1.54) is 0 Å². The molecule has 0 spiro atoms. The van der Waals surface area contributed by atoms with Crippen molar-refractivity contribution in [3.63, 3.8) is 0 Å². The summed E-state index contributed by atoms with van der Waals surface area (Å²) in [5.74, 6) is 1.58. The Balaban J connectivity index is 2.10. The van der Waals surface area contributed by atoms with Crippen molar-refractivity contribution >= 4 is 23.2 Å². The summed E-state index contributed by atoms with van der Waals surface area (Å²) in [5, 5.41) is 4.91. The summed E-state index contributed by atoms with van der Waals surface area (Å²) in [4.78, 5) is 4.34.